The number of furan rings is 1. The topological polar surface area (TPSA) is 102 Å². The third kappa shape index (κ3) is 3.20. The molecular weight excluding hydrogens is 336 g/mol. The van der Waals surface area contributed by atoms with Crippen LogP contribution in [0.25, 0.3) is 22.6 Å². The lowest BCUT2D eigenvalue weighted by Gasteiger charge is -2.06. The summed E-state index contributed by atoms with van der Waals surface area (Å²) in [4.78, 5) is 12.1. The van der Waals surface area contributed by atoms with Gasteiger partial charge < -0.3 is 18.9 Å². The van der Waals surface area contributed by atoms with Crippen molar-refractivity contribution in [2.45, 2.75) is 0 Å². The zero-order valence-electron chi connectivity index (χ0n) is 13.7. The molecule has 2 aromatic heterocycles. The first-order valence-corrected chi connectivity index (χ1v) is 7.76. The summed E-state index contributed by atoms with van der Waals surface area (Å²) in [7, 11) is 1.55. The maximum absolute atomic E-state index is 12.1. The quantitative estimate of drug-likeness (QED) is 0.573. The molecule has 0 radical (unpaired) electrons. The Balaban J connectivity index is 1.46. The molecule has 0 saturated heterocycles. The zero-order valence-corrected chi connectivity index (χ0v) is 13.7. The Morgan fingerprint density at radius 1 is 1.00 bits per heavy atom. The molecule has 0 bridgehead atoms. The van der Waals surface area contributed by atoms with Crippen LogP contribution in [0.1, 0.15) is 0 Å². The number of ether oxygens (including phenoxy) is 1. The molecule has 0 aliphatic carbocycles. The summed E-state index contributed by atoms with van der Waals surface area (Å²) in [6, 6.07) is 15.7. The molecule has 8 heteroatoms. The van der Waals surface area contributed by atoms with Gasteiger partial charge in [0.05, 0.1) is 7.11 Å². The largest absolute Gasteiger partial charge is 0.497 e. The van der Waals surface area contributed by atoms with Crippen molar-refractivity contribution in [1.82, 2.24) is 10.2 Å². The van der Waals surface area contributed by atoms with E-state index in [1.165, 1.54) is 0 Å². The van der Waals surface area contributed by atoms with Crippen LogP contribution in [-0.4, -0.2) is 23.3 Å². The number of hydrogen-bond donors (Lipinski definition) is 2. The van der Waals surface area contributed by atoms with Crippen LogP contribution in [0.5, 0.6) is 5.75 Å². The Labute approximate surface area is 147 Å². The highest BCUT2D eigenvalue weighted by atomic mass is 16.5. The fourth-order valence-corrected chi connectivity index (χ4v) is 2.42. The van der Waals surface area contributed by atoms with E-state index in [9.17, 15) is 4.79 Å². The minimum atomic E-state index is -0.516. The number of hydrogen-bond acceptors (Lipinski definition) is 6. The fraction of sp³-hybridized carbons (Fsp3) is 0.0556. The molecule has 4 aromatic rings. The number of urea groups is 1. The van der Waals surface area contributed by atoms with Gasteiger partial charge in [-0.05, 0) is 24.3 Å². The minimum absolute atomic E-state index is 0.0409. The molecule has 0 atom stereocenters. The summed E-state index contributed by atoms with van der Waals surface area (Å²) in [5.41, 5.74) is 1.28. The molecule has 0 unspecified atom stereocenters. The number of para-hydroxylation sites is 1. The monoisotopic (exact) mass is 350 g/mol. The molecule has 0 aliphatic heterocycles. The Morgan fingerprint density at radius 3 is 2.73 bits per heavy atom. The number of anilines is 2. The number of amides is 2. The Bertz CT molecular complexity index is 1040. The van der Waals surface area contributed by atoms with E-state index in [1.54, 1.807) is 37.4 Å². The van der Waals surface area contributed by atoms with Crippen LogP contribution in [-0.2, 0) is 0 Å². The molecule has 2 aromatic carbocycles. The number of fused-ring (bicyclic) bond motifs is 1. The van der Waals surface area contributed by atoms with Gasteiger partial charge in [0.2, 0.25) is 0 Å². The number of benzene rings is 2. The van der Waals surface area contributed by atoms with Gasteiger partial charge in [-0.25, -0.2) is 4.79 Å². The molecule has 0 fully saturated rings. The number of nitrogens with one attached hydrogen (secondary N) is 2. The van der Waals surface area contributed by atoms with Crippen LogP contribution in [0.4, 0.5) is 16.5 Å². The number of aromatic nitrogens is 2. The van der Waals surface area contributed by atoms with E-state index in [-0.39, 0.29) is 11.9 Å². The number of rotatable bonds is 4. The van der Waals surface area contributed by atoms with E-state index in [2.05, 4.69) is 20.8 Å². The summed E-state index contributed by atoms with van der Waals surface area (Å²) >= 11 is 0. The lowest BCUT2D eigenvalue weighted by molar-refractivity contribution is 0.261. The first kappa shape index (κ1) is 15.7. The Hall–Kier alpha value is -3.81. The van der Waals surface area contributed by atoms with Crippen LogP contribution >= 0.6 is 0 Å². The summed E-state index contributed by atoms with van der Waals surface area (Å²) in [5, 5.41) is 13.8. The number of nitrogens with zero attached hydrogens (tertiary/aromatic N) is 2. The van der Waals surface area contributed by atoms with E-state index < -0.39 is 6.03 Å². The molecule has 2 amide bonds. The second-order valence-electron chi connectivity index (χ2n) is 5.37. The van der Waals surface area contributed by atoms with E-state index >= 15 is 0 Å². The predicted molar refractivity (Wildman–Crippen MR) is 95.1 cm³/mol. The van der Waals surface area contributed by atoms with Crippen LogP contribution < -0.4 is 15.4 Å². The lowest BCUT2D eigenvalue weighted by Crippen LogP contribution is -2.19. The SMILES string of the molecule is COc1cccc(NC(=O)Nc2nnc(-c3cc4ccccc4o3)o2)c1. The highest BCUT2D eigenvalue weighted by Crippen LogP contribution is 2.27. The van der Waals surface area contributed by atoms with Crippen LogP contribution in [0.15, 0.2) is 63.4 Å². The van der Waals surface area contributed by atoms with Gasteiger partial charge in [-0.2, -0.15) is 0 Å². The minimum Gasteiger partial charge on any atom is -0.497 e. The van der Waals surface area contributed by atoms with Gasteiger partial charge in [-0.3, -0.25) is 5.32 Å². The second kappa shape index (κ2) is 6.60. The van der Waals surface area contributed by atoms with E-state index in [4.69, 9.17) is 13.6 Å². The Kier molecular flexibility index (Phi) is 3.98. The summed E-state index contributed by atoms with van der Waals surface area (Å²) < 4.78 is 16.2. The first-order chi connectivity index (χ1) is 12.7. The normalized spacial score (nSPS) is 10.7. The van der Waals surface area contributed by atoms with Crippen molar-refractivity contribution in [3.63, 3.8) is 0 Å². The van der Waals surface area contributed by atoms with E-state index in [0.29, 0.717) is 22.8 Å². The molecule has 2 heterocycles. The summed E-state index contributed by atoms with van der Waals surface area (Å²) in [6.07, 6.45) is 0. The lowest BCUT2D eigenvalue weighted by atomic mass is 10.2. The van der Waals surface area contributed by atoms with Crippen molar-refractivity contribution < 1.29 is 18.4 Å². The van der Waals surface area contributed by atoms with Crippen molar-refractivity contribution >= 4 is 28.7 Å². The standard InChI is InChI=1S/C18H14N4O4/c1-24-13-7-4-6-12(10-13)19-17(23)20-18-22-21-16(26-18)15-9-11-5-2-3-8-14(11)25-15/h2-10H,1H3,(H2,19,20,22,23). The van der Waals surface area contributed by atoms with E-state index in [0.717, 1.165) is 5.39 Å². The van der Waals surface area contributed by atoms with Crippen molar-refractivity contribution in [2.24, 2.45) is 0 Å². The van der Waals surface area contributed by atoms with Crippen molar-refractivity contribution in [2.75, 3.05) is 17.7 Å². The highest BCUT2D eigenvalue weighted by molar-refractivity contribution is 5.98. The average Bonchev–Trinajstić information content (AvgIpc) is 3.28. The average molecular weight is 350 g/mol. The molecule has 0 spiro atoms. The van der Waals surface area contributed by atoms with Crippen LogP contribution in [0.3, 0.4) is 0 Å². The van der Waals surface area contributed by atoms with Crippen LogP contribution in [0.2, 0.25) is 0 Å². The molecule has 0 saturated carbocycles. The molecule has 26 heavy (non-hydrogen) atoms. The second-order valence-corrected chi connectivity index (χ2v) is 5.37. The number of methoxy groups -OCH3 is 1. The number of carbonyl (C=O) groups excluding carboxylic acids is 1. The van der Waals surface area contributed by atoms with Crippen LogP contribution in [0, 0.1) is 0 Å². The first-order valence-electron chi connectivity index (χ1n) is 7.76. The van der Waals surface area contributed by atoms with Gasteiger partial charge in [0.1, 0.15) is 11.3 Å². The predicted octanol–water partition coefficient (Wildman–Crippen LogP) is 4.14. The summed E-state index contributed by atoms with van der Waals surface area (Å²) in [6.45, 7) is 0. The van der Waals surface area contributed by atoms with E-state index in [1.807, 2.05) is 24.3 Å². The van der Waals surface area contributed by atoms with Gasteiger partial charge in [0.15, 0.2) is 5.76 Å². The third-order valence-corrected chi connectivity index (χ3v) is 3.61. The number of carbonyl (C=O) groups is 1. The maximum atomic E-state index is 12.1. The van der Waals surface area contributed by atoms with Gasteiger partial charge in [-0.15, -0.1) is 5.10 Å². The Morgan fingerprint density at radius 2 is 1.88 bits per heavy atom. The summed E-state index contributed by atoms with van der Waals surface area (Å²) in [5.74, 6) is 1.24. The molecular formula is C18H14N4O4. The van der Waals surface area contributed by atoms with Crippen molar-refractivity contribution in [3.8, 4) is 17.4 Å². The van der Waals surface area contributed by atoms with Gasteiger partial charge >= 0.3 is 12.0 Å². The van der Waals surface area contributed by atoms with Crippen molar-refractivity contribution in [3.05, 3.63) is 54.6 Å². The highest BCUT2D eigenvalue weighted by Gasteiger charge is 2.15. The smallest absolute Gasteiger partial charge is 0.327 e. The molecule has 2 N–H and O–H groups in total. The zero-order chi connectivity index (χ0) is 17.9. The van der Waals surface area contributed by atoms with Gasteiger partial charge in [-0.1, -0.05) is 29.4 Å². The third-order valence-electron chi connectivity index (χ3n) is 3.61. The van der Waals surface area contributed by atoms with Gasteiger partial charge in [0, 0.05) is 17.1 Å². The molecule has 4 rings (SSSR count). The molecule has 130 valence electrons. The van der Waals surface area contributed by atoms with Crippen molar-refractivity contribution in [1.29, 1.82) is 0 Å². The fourth-order valence-electron chi connectivity index (χ4n) is 2.42. The molecule has 8 nitrogen and oxygen atoms in total. The van der Waals surface area contributed by atoms with Gasteiger partial charge in [0.25, 0.3) is 5.89 Å². The molecule has 0 aliphatic rings. The maximum Gasteiger partial charge on any atom is 0.327 e.